The summed E-state index contributed by atoms with van der Waals surface area (Å²) in [6.45, 7) is 0. The second kappa shape index (κ2) is 9.06. The molecule has 0 aliphatic carbocycles. The molecule has 128 valence electrons. The van der Waals surface area contributed by atoms with Crippen molar-refractivity contribution in [1.82, 2.24) is 9.38 Å². The smallest absolute Gasteiger partial charge is 0.414 e. The molecule has 0 heterocycles. The van der Waals surface area contributed by atoms with Gasteiger partial charge in [0.25, 0.3) is 0 Å². The van der Waals surface area contributed by atoms with Crippen molar-refractivity contribution in [2.24, 2.45) is 0 Å². The minimum absolute atomic E-state index is 0. The van der Waals surface area contributed by atoms with E-state index in [0.717, 1.165) is 5.69 Å². The molecule has 0 atom stereocenters. The molecule has 0 radical (unpaired) electrons. The first kappa shape index (κ1) is 23.1. The number of benzene rings is 1. The van der Waals surface area contributed by atoms with Crippen LogP contribution in [0.4, 0.5) is 10.5 Å². The van der Waals surface area contributed by atoms with E-state index in [1.165, 1.54) is 4.90 Å². The SMILES string of the molecule is CN(C)C(=O)Oc1cccc([N+](C)(C)C)c1.O=S(=O)(O)O.[Br-]. The standard InChI is InChI=1S/C12H19N2O2.BrH.H2O4S/c1-13(2)12(15)16-11-8-6-7-10(9-11)14(3,4)5;;1-5(2,3)4/h6-9H,1-5H3;1H;(H2,1,2,3,4)/q+1;;/p-1. The minimum atomic E-state index is -4.67. The summed E-state index contributed by atoms with van der Waals surface area (Å²) in [5, 5.41) is 0. The highest BCUT2D eigenvalue weighted by molar-refractivity contribution is 7.79. The lowest BCUT2D eigenvalue weighted by Gasteiger charge is -2.23. The molecular formula is C12H21BrN2O6S. The summed E-state index contributed by atoms with van der Waals surface area (Å²) in [4.78, 5) is 12.8. The molecule has 22 heavy (non-hydrogen) atoms. The predicted molar refractivity (Wildman–Crippen MR) is 79.9 cm³/mol. The van der Waals surface area contributed by atoms with E-state index in [-0.39, 0.29) is 23.1 Å². The van der Waals surface area contributed by atoms with Gasteiger partial charge in [-0.25, -0.2) is 4.79 Å². The van der Waals surface area contributed by atoms with E-state index < -0.39 is 10.4 Å². The zero-order valence-corrected chi connectivity index (χ0v) is 15.4. The summed E-state index contributed by atoms with van der Waals surface area (Å²) in [5.74, 6) is 0.573. The van der Waals surface area contributed by atoms with E-state index in [9.17, 15) is 4.79 Å². The minimum Gasteiger partial charge on any atom is -1.00 e. The Morgan fingerprint density at radius 1 is 1.18 bits per heavy atom. The van der Waals surface area contributed by atoms with Gasteiger partial charge in [-0.15, -0.1) is 0 Å². The fourth-order valence-corrected chi connectivity index (χ4v) is 1.16. The lowest BCUT2D eigenvalue weighted by molar-refractivity contribution is -0.0000164. The van der Waals surface area contributed by atoms with Crippen LogP contribution >= 0.6 is 0 Å². The van der Waals surface area contributed by atoms with Crippen LogP contribution in [-0.2, 0) is 10.4 Å². The van der Waals surface area contributed by atoms with Crippen LogP contribution in [0.25, 0.3) is 0 Å². The van der Waals surface area contributed by atoms with Crippen molar-refractivity contribution < 1.29 is 44.0 Å². The van der Waals surface area contributed by atoms with E-state index in [2.05, 4.69) is 21.1 Å². The molecule has 0 fully saturated rings. The Morgan fingerprint density at radius 2 is 1.64 bits per heavy atom. The third-order valence-corrected chi connectivity index (χ3v) is 2.16. The molecule has 1 amide bonds. The monoisotopic (exact) mass is 400 g/mol. The van der Waals surface area contributed by atoms with Gasteiger partial charge >= 0.3 is 16.5 Å². The van der Waals surface area contributed by atoms with Gasteiger partial charge < -0.3 is 26.6 Å². The second-order valence-corrected chi connectivity index (χ2v) is 6.12. The summed E-state index contributed by atoms with van der Waals surface area (Å²) in [5.41, 5.74) is 1.09. The van der Waals surface area contributed by atoms with Crippen LogP contribution < -0.4 is 26.2 Å². The number of carbonyl (C=O) groups excluding carboxylic acids is 1. The zero-order valence-electron chi connectivity index (χ0n) is 13.0. The van der Waals surface area contributed by atoms with Crippen molar-refractivity contribution in [3.05, 3.63) is 24.3 Å². The predicted octanol–water partition coefficient (Wildman–Crippen LogP) is -1.71. The van der Waals surface area contributed by atoms with Crippen LogP contribution in [-0.4, -0.2) is 63.8 Å². The largest absolute Gasteiger partial charge is 1.00 e. The highest BCUT2D eigenvalue weighted by Gasteiger charge is 2.14. The molecule has 0 aromatic heterocycles. The first-order valence-electron chi connectivity index (χ1n) is 5.82. The van der Waals surface area contributed by atoms with Gasteiger partial charge in [0.2, 0.25) is 0 Å². The molecule has 0 aliphatic heterocycles. The molecule has 0 unspecified atom stereocenters. The van der Waals surface area contributed by atoms with Gasteiger partial charge in [-0.1, -0.05) is 6.07 Å². The molecule has 10 heteroatoms. The molecule has 1 rings (SSSR count). The average Bonchev–Trinajstić information content (AvgIpc) is 2.25. The molecule has 0 bridgehead atoms. The maximum absolute atomic E-state index is 11.4. The Kier molecular flexibility index (Phi) is 9.50. The number of ether oxygens (including phenoxy) is 1. The zero-order chi connectivity index (χ0) is 16.8. The van der Waals surface area contributed by atoms with E-state index >= 15 is 0 Å². The molecule has 2 N–H and O–H groups in total. The number of quaternary nitrogens is 1. The van der Waals surface area contributed by atoms with Crippen LogP contribution in [0.1, 0.15) is 0 Å². The van der Waals surface area contributed by atoms with Gasteiger partial charge in [0.05, 0.1) is 21.1 Å². The van der Waals surface area contributed by atoms with Gasteiger partial charge in [-0.3, -0.25) is 13.6 Å². The molecule has 1 aromatic rings. The van der Waals surface area contributed by atoms with Crippen molar-refractivity contribution in [2.75, 3.05) is 35.2 Å². The average molecular weight is 401 g/mol. The number of amides is 1. The van der Waals surface area contributed by atoms with Crippen LogP contribution in [0.3, 0.4) is 0 Å². The van der Waals surface area contributed by atoms with Crippen molar-refractivity contribution in [2.45, 2.75) is 0 Å². The molecule has 0 aliphatic rings. The Labute approximate surface area is 141 Å². The fourth-order valence-electron chi connectivity index (χ4n) is 1.16. The van der Waals surface area contributed by atoms with Crippen molar-refractivity contribution in [1.29, 1.82) is 0 Å². The number of hydrogen-bond acceptors (Lipinski definition) is 4. The number of hydrogen-bond donors (Lipinski definition) is 2. The summed E-state index contributed by atoms with van der Waals surface area (Å²) in [6.07, 6.45) is -0.362. The number of carbonyl (C=O) groups is 1. The Hall–Kier alpha value is -1.20. The number of nitrogens with zero attached hydrogens (tertiary/aromatic N) is 2. The van der Waals surface area contributed by atoms with Gasteiger partial charge in [0.15, 0.2) is 0 Å². The van der Waals surface area contributed by atoms with Crippen LogP contribution in [0.5, 0.6) is 5.75 Å². The van der Waals surface area contributed by atoms with E-state index in [4.69, 9.17) is 22.3 Å². The highest BCUT2D eigenvalue weighted by Crippen LogP contribution is 2.22. The summed E-state index contributed by atoms with van der Waals surface area (Å²) in [6, 6.07) is 7.55. The second-order valence-electron chi connectivity index (χ2n) is 5.22. The quantitative estimate of drug-likeness (QED) is 0.452. The summed E-state index contributed by atoms with van der Waals surface area (Å²) in [7, 11) is 4.84. The third kappa shape index (κ3) is 11.5. The fraction of sp³-hybridized carbons (Fsp3) is 0.417. The van der Waals surface area contributed by atoms with Crippen molar-refractivity contribution >= 4 is 22.2 Å². The van der Waals surface area contributed by atoms with Crippen LogP contribution in [0.15, 0.2) is 24.3 Å². The molecule has 8 nitrogen and oxygen atoms in total. The van der Waals surface area contributed by atoms with Gasteiger partial charge in [0.1, 0.15) is 11.4 Å². The van der Waals surface area contributed by atoms with Crippen LogP contribution in [0, 0.1) is 0 Å². The third-order valence-electron chi connectivity index (χ3n) is 2.16. The van der Waals surface area contributed by atoms with Gasteiger partial charge in [-0.05, 0) is 12.1 Å². The van der Waals surface area contributed by atoms with Crippen molar-refractivity contribution in [3.63, 3.8) is 0 Å². The molecule has 0 spiro atoms. The van der Waals surface area contributed by atoms with E-state index in [1.54, 1.807) is 20.2 Å². The lowest BCUT2D eigenvalue weighted by atomic mass is 10.2. The normalized spacial score (nSPS) is 10.7. The maximum Gasteiger partial charge on any atom is 0.414 e. The Bertz CT molecular complexity index is 576. The van der Waals surface area contributed by atoms with Crippen molar-refractivity contribution in [3.8, 4) is 5.75 Å². The van der Waals surface area contributed by atoms with Gasteiger partial charge in [0, 0.05) is 20.2 Å². The number of halogens is 1. The van der Waals surface area contributed by atoms with Crippen LogP contribution in [0.2, 0.25) is 0 Å². The number of rotatable bonds is 2. The molecule has 0 saturated carbocycles. The first-order chi connectivity index (χ1) is 9.30. The maximum atomic E-state index is 11.4. The summed E-state index contributed by atoms with van der Waals surface area (Å²) >= 11 is 0. The Morgan fingerprint density at radius 3 is 2.00 bits per heavy atom. The topological polar surface area (TPSA) is 104 Å². The lowest BCUT2D eigenvalue weighted by Crippen LogP contribution is -3.00. The molecule has 1 aromatic carbocycles. The molecular weight excluding hydrogens is 380 g/mol. The summed E-state index contributed by atoms with van der Waals surface area (Å²) < 4.78 is 37.5. The molecule has 0 saturated heterocycles. The van der Waals surface area contributed by atoms with Gasteiger partial charge in [-0.2, -0.15) is 8.42 Å². The Balaban J connectivity index is 0. The van der Waals surface area contributed by atoms with E-state index in [1.807, 2.05) is 18.2 Å². The first-order valence-corrected chi connectivity index (χ1v) is 7.21. The highest BCUT2D eigenvalue weighted by atomic mass is 79.9. The van der Waals surface area contributed by atoms with E-state index in [0.29, 0.717) is 10.2 Å².